The number of anilines is 1. The van der Waals surface area contributed by atoms with Crippen LogP contribution in [-0.2, 0) is 6.18 Å². The molecule has 0 spiro atoms. The summed E-state index contributed by atoms with van der Waals surface area (Å²) in [4.78, 5) is 19.5. The topological polar surface area (TPSA) is 54.9 Å². The molecule has 1 N–H and O–H groups in total. The minimum Gasteiger partial charge on any atom is -0.306 e. The van der Waals surface area contributed by atoms with Crippen molar-refractivity contribution in [1.29, 1.82) is 0 Å². The molecule has 104 valence electrons. The van der Waals surface area contributed by atoms with Crippen molar-refractivity contribution in [2.75, 3.05) is 5.32 Å². The minimum absolute atomic E-state index is 0.187. The van der Waals surface area contributed by atoms with Gasteiger partial charge in [0, 0.05) is 18.1 Å². The lowest BCUT2D eigenvalue weighted by atomic mass is 10.1. The van der Waals surface area contributed by atoms with Crippen molar-refractivity contribution in [1.82, 2.24) is 9.97 Å². The summed E-state index contributed by atoms with van der Waals surface area (Å²) in [6.45, 7) is 1.71. The third-order valence-electron chi connectivity index (χ3n) is 2.50. The number of hydrogen-bond donors (Lipinski definition) is 1. The Kier molecular flexibility index (Phi) is 3.69. The Bertz CT molecular complexity index is 641. The van der Waals surface area contributed by atoms with E-state index in [0.29, 0.717) is 5.69 Å². The number of nitrogens with one attached hydrogen (secondary N) is 1. The van der Waals surface area contributed by atoms with Gasteiger partial charge >= 0.3 is 6.18 Å². The maximum atomic E-state index is 12.8. The summed E-state index contributed by atoms with van der Waals surface area (Å²) in [6, 6.07) is 5.61. The minimum atomic E-state index is -4.62. The Morgan fingerprint density at radius 3 is 2.65 bits per heavy atom. The third kappa shape index (κ3) is 3.11. The van der Waals surface area contributed by atoms with Gasteiger partial charge in [0.25, 0.3) is 5.91 Å². The first-order chi connectivity index (χ1) is 9.38. The van der Waals surface area contributed by atoms with Gasteiger partial charge in [-0.25, -0.2) is 4.98 Å². The second-order valence-corrected chi connectivity index (χ2v) is 4.04. The molecule has 0 bridgehead atoms. The molecule has 7 heteroatoms. The monoisotopic (exact) mass is 281 g/mol. The van der Waals surface area contributed by atoms with E-state index in [0.717, 1.165) is 18.5 Å². The standard InChI is InChI=1S/C13H10F3N3O/c1-8-3-2-4-11(18-8)19-12(20)9-7-17-6-5-10(9)13(14,15)16/h2-7H,1H3,(H,18,19,20). The number of aryl methyl sites for hydroxylation is 1. The second-order valence-electron chi connectivity index (χ2n) is 4.04. The predicted molar refractivity (Wildman–Crippen MR) is 66.2 cm³/mol. The molecule has 1 amide bonds. The maximum absolute atomic E-state index is 12.8. The number of rotatable bonds is 2. The van der Waals surface area contributed by atoms with Crippen molar-refractivity contribution in [3.05, 3.63) is 53.5 Å². The molecule has 0 saturated carbocycles. The first kappa shape index (κ1) is 14.0. The number of pyridine rings is 2. The molecule has 2 heterocycles. The first-order valence-corrected chi connectivity index (χ1v) is 5.64. The average Bonchev–Trinajstić information content (AvgIpc) is 2.37. The van der Waals surface area contributed by atoms with Gasteiger partial charge in [0.2, 0.25) is 0 Å². The van der Waals surface area contributed by atoms with Crippen LogP contribution in [0.25, 0.3) is 0 Å². The molecule has 0 aromatic carbocycles. The number of carbonyl (C=O) groups excluding carboxylic acids is 1. The highest BCUT2D eigenvalue weighted by Gasteiger charge is 2.35. The van der Waals surface area contributed by atoms with Crippen LogP contribution in [0.2, 0.25) is 0 Å². The van der Waals surface area contributed by atoms with Crippen LogP contribution in [0.1, 0.15) is 21.6 Å². The zero-order valence-corrected chi connectivity index (χ0v) is 10.4. The lowest BCUT2D eigenvalue weighted by Crippen LogP contribution is -2.19. The van der Waals surface area contributed by atoms with E-state index < -0.39 is 23.2 Å². The largest absolute Gasteiger partial charge is 0.417 e. The van der Waals surface area contributed by atoms with E-state index in [1.54, 1.807) is 19.1 Å². The highest BCUT2D eigenvalue weighted by Crippen LogP contribution is 2.31. The summed E-state index contributed by atoms with van der Waals surface area (Å²) in [5.74, 6) is -0.712. The van der Waals surface area contributed by atoms with E-state index in [2.05, 4.69) is 15.3 Å². The molecule has 0 aliphatic carbocycles. The Balaban J connectivity index is 2.31. The molecular formula is C13H10F3N3O. The van der Waals surface area contributed by atoms with Crippen molar-refractivity contribution < 1.29 is 18.0 Å². The Morgan fingerprint density at radius 1 is 1.25 bits per heavy atom. The van der Waals surface area contributed by atoms with E-state index in [9.17, 15) is 18.0 Å². The summed E-state index contributed by atoms with van der Waals surface area (Å²) in [5, 5.41) is 2.32. The molecule has 0 saturated heterocycles. The molecule has 2 aromatic rings. The lowest BCUT2D eigenvalue weighted by molar-refractivity contribution is -0.137. The Labute approximate surface area is 112 Å². The summed E-state index contributed by atoms with van der Waals surface area (Å²) in [7, 11) is 0. The van der Waals surface area contributed by atoms with E-state index in [1.807, 2.05) is 0 Å². The van der Waals surface area contributed by atoms with E-state index in [1.165, 1.54) is 6.07 Å². The molecule has 2 aromatic heterocycles. The smallest absolute Gasteiger partial charge is 0.306 e. The molecule has 2 rings (SSSR count). The van der Waals surface area contributed by atoms with Crippen molar-refractivity contribution in [2.45, 2.75) is 13.1 Å². The van der Waals surface area contributed by atoms with Crippen LogP contribution in [0.15, 0.2) is 36.7 Å². The zero-order chi connectivity index (χ0) is 14.8. The van der Waals surface area contributed by atoms with Gasteiger partial charge in [0.05, 0.1) is 11.1 Å². The van der Waals surface area contributed by atoms with Gasteiger partial charge < -0.3 is 5.32 Å². The molecule has 0 atom stereocenters. The third-order valence-corrected chi connectivity index (χ3v) is 2.50. The van der Waals surface area contributed by atoms with Crippen LogP contribution >= 0.6 is 0 Å². The molecule has 20 heavy (non-hydrogen) atoms. The van der Waals surface area contributed by atoms with Crippen LogP contribution in [-0.4, -0.2) is 15.9 Å². The quantitative estimate of drug-likeness (QED) is 0.920. The predicted octanol–water partition coefficient (Wildman–Crippen LogP) is 3.06. The van der Waals surface area contributed by atoms with Gasteiger partial charge in [-0.1, -0.05) is 6.07 Å². The first-order valence-electron chi connectivity index (χ1n) is 5.64. The number of nitrogens with zero attached hydrogens (tertiary/aromatic N) is 2. The summed E-state index contributed by atoms with van der Waals surface area (Å²) < 4.78 is 38.4. The fourth-order valence-electron chi connectivity index (χ4n) is 1.62. The van der Waals surface area contributed by atoms with Gasteiger partial charge in [-0.3, -0.25) is 9.78 Å². The van der Waals surface area contributed by atoms with Crippen molar-refractivity contribution in [3.8, 4) is 0 Å². The molecule has 0 aliphatic heterocycles. The number of amides is 1. The fraction of sp³-hybridized carbons (Fsp3) is 0.154. The normalized spacial score (nSPS) is 11.2. The molecule has 4 nitrogen and oxygen atoms in total. The van der Waals surface area contributed by atoms with Crippen LogP contribution in [0.4, 0.5) is 19.0 Å². The molecule has 0 aliphatic rings. The molecule has 0 fully saturated rings. The van der Waals surface area contributed by atoms with E-state index >= 15 is 0 Å². The van der Waals surface area contributed by atoms with Crippen molar-refractivity contribution in [2.24, 2.45) is 0 Å². The van der Waals surface area contributed by atoms with Crippen molar-refractivity contribution in [3.63, 3.8) is 0 Å². The number of hydrogen-bond acceptors (Lipinski definition) is 3. The van der Waals surface area contributed by atoms with Gasteiger partial charge in [-0.2, -0.15) is 13.2 Å². The Morgan fingerprint density at radius 2 is 2.00 bits per heavy atom. The average molecular weight is 281 g/mol. The van der Waals surface area contributed by atoms with Gasteiger partial charge in [-0.15, -0.1) is 0 Å². The second kappa shape index (κ2) is 5.28. The Hall–Kier alpha value is -2.44. The summed E-state index contributed by atoms with van der Waals surface area (Å²) in [5.41, 5.74) is -0.925. The van der Waals surface area contributed by atoms with E-state index in [-0.39, 0.29) is 5.82 Å². The van der Waals surface area contributed by atoms with Gasteiger partial charge in [0.15, 0.2) is 0 Å². The van der Waals surface area contributed by atoms with E-state index in [4.69, 9.17) is 0 Å². The van der Waals surface area contributed by atoms with Crippen LogP contribution in [0.3, 0.4) is 0 Å². The number of carbonyl (C=O) groups is 1. The highest BCUT2D eigenvalue weighted by molar-refractivity contribution is 6.04. The fourth-order valence-corrected chi connectivity index (χ4v) is 1.62. The van der Waals surface area contributed by atoms with Crippen molar-refractivity contribution >= 4 is 11.7 Å². The SMILES string of the molecule is Cc1cccc(NC(=O)c2cnccc2C(F)(F)F)n1. The van der Waals surface area contributed by atoms with Crippen LogP contribution < -0.4 is 5.32 Å². The van der Waals surface area contributed by atoms with Crippen LogP contribution in [0, 0.1) is 6.92 Å². The number of halogens is 3. The van der Waals surface area contributed by atoms with Gasteiger partial charge in [-0.05, 0) is 25.1 Å². The maximum Gasteiger partial charge on any atom is 0.417 e. The van der Waals surface area contributed by atoms with Crippen LogP contribution in [0.5, 0.6) is 0 Å². The summed E-state index contributed by atoms with van der Waals surface area (Å²) in [6.07, 6.45) is -2.74. The summed E-state index contributed by atoms with van der Waals surface area (Å²) >= 11 is 0. The number of alkyl halides is 3. The number of aromatic nitrogens is 2. The molecular weight excluding hydrogens is 271 g/mol. The highest BCUT2D eigenvalue weighted by atomic mass is 19.4. The molecule has 0 radical (unpaired) electrons. The zero-order valence-electron chi connectivity index (χ0n) is 10.4. The van der Waals surface area contributed by atoms with Gasteiger partial charge in [0.1, 0.15) is 5.82 Å². The molecule has 0 unspecified atom stereocenters. The lowest BCUT2D eigenvalue weighted by Gasteiger charge is -2.11.